The first-order chi connectivity index (χ1) is 6.76. The highest BCUT2D eigenvalue weighted by Gasteiger charge is 2.11. The van der Waals surface area contributed by atoms with Gasteiger partial charge >= 0.3 is 0 Å². The maximum atomic E-state index is 9.70. The van der Waals surface area contributed by atoms with Gasteiger partial charge in [0.05, 0.1) is 14.2 Å². The molecule has 0 amide bonds. The molecule has 0 aliphatic rings. The molecule has 1 aromatic carbocycles. The molecule has 14 heavy (non-hydrogen) atoms. The van der Waals surface area contributed by atoms with Crippen molar-refractivity contribution in [2.45, 2.75) is 0 Å². The van der Waals surface area contributed by atoms with Gasteiger partial charge in [-0.15, -0.1) is 0 Å². The average molecular weight is 210 g/mol. The molecule has 2 rings (SSSR count). The summed E-state index contributed by atoms with van der Waals surface area (Å²) in [6.07, 6.45) is 0. The molecular weight excluding hydrogens is 200 g/mol. The topological polar surface area (TPSA) is 38.7 Å². The Balaban J connectivity index is 2.66. The Hall–Kier alpha value is -1.42. The van der Waals surface area contributed by atoms with E-state index in [-0.39, 0.29) is 5.75 Å². The Morgan fingerprint density at radius 1 is 1.21 bits per heavy atom. The van der Waals surface area contributed by atoms with Crippen LogP contribution in [0.25, 0.3) is 10.1 Å². The zero-order valence-corrected chi connectivity index (χ0v) is 8.72. The Morgan fingerprint density at radius 3 is 2.64 bits per heavy atom. The van der Waals surface area contributed by atoms with Gasteiger partial charge in [0.1, 0.15) is 5.75 Å². The van der Waals surface area contributed by atoms with Gasteiger partial charge in [-0.2, -0.15) is 0 Å². The number of methoxy groups -OCH3 is 2. The van der Waals surface area contributed by atoms with Gasteiger partial charge in [-0.3, -0.25) is 0 Å². The summed E-state index contributed by atoms with van der Waals surface area (Å²) >= 11 is 1.40. The van der Waals surface area contributed by atoms with Gasteiger partial charge in [0.2, 0.25) is 5.06 Å². The van der Waals surface area contributed by atoms with Crippen molar-refractivity contribution >= 4 is 21.4 Å². The number of rotatable bonds is 2. The molecule has 1 heterocycles. The van der Waals surface area contributed by atoms with Crippen molar-refractivity contribution in [3.63, 3.8) is 0 Å². The largest absolute Gasteiger partial charge is 0.503 e. The molecule has 0 radical (unpaired) electrons. The summed E-state index contributed by atoms with van der Waals surface area (Å²) in [5.74, 6) is 0.983. The lowest BCUT2D eigenvalue weighted by Crippen LogP contribution is -1.79. The monoisotopic (exact) mass is 210 g/mol. The number of aromatic hydroxyl groups is 1. The van der Waals surface area contributed by atoms with Gasteiger partial charge in [-0.25, -0.2) is 0 Å². The van der Waals surface area contributed by atoms with E-state index in [1.54, 1.807) is 14.2 Å². The summed E-state index contributed by atoms with van der Waals surface area (Å²) < 4.78 is 11.1. The highest BCUT2D eigenvalue weighted by atomic mass is 32.1. The van der Waals surface area contributed by atoms with Crippen LogP contribution < -0.4 is 9.47 Å². The SMILES string of the molecule is COc1ccc2c(O)c(OC)sc2c1. The summed E-state index contributed by atoms with van der Waals surface area (Å²) in [5.41, 5.74) is 0. The summed E-state index contributed by atoms with van der Waals surface area (Å²) in [6, 6.07) is 5.51. The van der Waals surface area contributed by atoms with Crippen molar-refractivity contribution in [3.8, 4) is 16.6 Å². The van der Waals surface area contributed by atoms with Gasteiger partial charge in [-0.1, -0.05) is 11.3 Å². The fourth-order valence-corrected chi connectivity index (χ4v) is 2.25. The van der Waals surface area contributed by atoms with Crippen LogP contribution in [0.4, 0.5) is 0 Å². The van der Waals surface area contributed by atoms with Gasteiger partial charge in [-0.05, 0) is 18.2 Å². The molecule has 0 spiro atoms. The fourth-order valence-electron chi connectivity index (χ4n) is 1.31. The molecule has 0 aliphatic carbocycles. The van der Waals surface area contributed by atoms with Crippen LogP contribution in [0.2, 0.25) is 0 Å². The summed E-state index contributed by atoms with van der Waals surface area (Å²) in [5, 5.41) is 11.0. The third-order valence-corrected chi connectivity index (χ3v) is 3.13. The number of ether oxygens (including phenoxy) is 2. The molecule has 1 aromatic heterocycles. The molecule has 0 aliphatic heterocycles. The lowest BCUT2D eigenvalue weighted by atomic mass is 10.2. The maximum Gasteiger partial charge on any atom is 0.217 e. The second-order valence-electron chi connectivity index (χ2n) is 2.80. The van der Waals surface area contributed by atoms with E-state index in [1.807, 2.05) is 18.2 Å². The van der Waals surface area contributed by atoms with E-state index in [4.69, 9.17) is 9.47 Å². The Morgan fingerprint density at radius 2 is 2.00 bits per heavy atom. The zero-order valence-electron chi connectivity index (χ0n) is 7.90. The van der Waals surface area contributed by atoms with Crippen molar-refractivity contribution in [1.82, 2.24) is 0 Å². The van der Waals surface area contributed by atoms with E-state index in [0.717, 1.165) is 15.8 Å². The maximum absolute atomic E-state index is 9.70. The number of thiophene rings is 1. The van der Waals surface area contributed by atoms with E-state index >= 15 is 0 Å². The first kappa shape index (κ1) is 9.15. The molecule has 0 saturated carbocycles. The molecule has 74 valence electrons. The predicted molar refractivity (Wildman–Crippen MR) is 56.6 cm³/mol. The van der Waals surface area contributed by atoms with Crippen molar-refractivity contribution in [1.29, 1.82) is 0 Å². The number of fused-ring (bicyclic) bond motifs is 1. The lowest BCUT2D eigenvalue weighted by Gasteiger charge is -1.97. The van der Waals surface area contributed by atoms with Gasteiger partial charge in [0.15, 0.2) is 5.75 Å². The molecule has 4 heteroatoms. The first-order valence-corrected chi connectivity index (χ1v) is 4.91. The molecule has 0 bridgehead atoms. The number of hydrogen-bond donors (Lipinski definition) is 1. The molecule has 0 saturated heterocycles. The standard InChI is InChI=1S/C10H10O3S/c1-12-6-3-4-7-8(5-6)14-10(13-2)9(7)11/h3-5,11H,1-2H3. The summed E-state index contributed by atoms with van der Waals surface area (Å²) in [6.45, 7) is 0. The fraction of sp³-hybridized carbons (Fsp3) is 0.200. The lowest BCUT2D eigenvalue weighted by molar-refractivity contribution is 0.388. The van der Waals surface area contributed by atoms with Crippen LogP contribution in [0.1, 0.15) is 0 Å². The third-order valence-electron chi connectivity index (χ3n) is 2.03. The second kappa shape index (κ2) is 3.38. The van der Waals surface area contributed by atoms with Crippen LogP contribution in [0.15, 0.2) is 18.2 Å². The van der Waals surface area contributed by atoms with Crippen molar-refractivity contribution in [2.24, 2.45) is 0 Å². The molecule has 0 unspecified atom stereocenters. The van der Waals surface area contributed by atoms with Crippen molar-refractivity contribution < 1.29 is 14.6 Å². The summed E-state index contributed by atoms with van der Waals surface area (Å²) in [4.78, 5) is 0. The number of benzene rings is 1. The van der Waals surface area contributed by atoms with Crippen LogP contribution in [0.3, 0.4) is 0 Å². The van der Waals surface area contributed by atoms with E-state index in [0.29, 0.717) is 5.06 Å². The minimum Gasteiger partial charge on any atom is -0.503 e. The normalized spacial score (nSPS) is 10.4. The third kappa shape index (κ3) is 1.28. The number of hydrogen-bond acceptors (Lipinski definition) is 4. The quantitative estimate of drug-likeness (QED) is 0.828. The van der Waals surface area contributed by atoms with Gasteiger partial charge in [0, 0.05) is 10.1 Å². The molecule has 0 fully saturated rings. The minimum atomic E-state index is 0.204. The van der Waals surface area contributed by atoms with E-state index in [2.05, 4.69) is 0 Å². The zero-order chi connectivity index (χ0) is 10.1. The molecule has 2 aromatic rings. The van der Waals surface area contributed by atoms with Gasteiger partial charge < -0.3 is 14.6 Å². The van der Waals surface area contributed by atoms with E-state index in [9.17, 15) is 5.11 Å². The van der Waals surface area contributed by atoms with E-state index < -0.39 is 0 Å². The van der Waals surface area contributed by atoms with Crippen LogP contribution in [0.5, 0.6) is 16.6 Å². The molecule has 3 nitrogen and oxygen atoms in total. The minimum absolute atomic E-state index is 0.204. The predicted octanol–water partition coefficient (Wildman–Crippen LogP) is 2.62. The summed E-state index contributed by atoms with van der Waals surface area (Å²) in [7, 11) is 3.16. The Bertz CT molecular complexity index is 462. The molecule has 0 atom stereocenters. The van der Waals surface area contributed by atoms with Crippen LogP contribution in [-0.2, 0) is 0 Å². The van der Waals surface area contributed by atoms with Gasteiger partial charge in [0.25, 0.3) is 0 Å². The van der Waals surface area contributed by atoms with Crippen LogP contribution in [0, 0.1) is 0 Å². The highest BCUT2D eigenvalue weighted by Crippen LogP contribution is 2.43. The highest BCUT2D eigenvalue weighted by molar-refractivity contribution is 7.21. The molecular formula is C10H10O3S. The molecule has 1 N–H and O–H groups in total. The van der Waals surface area contributed by atoms with Crippen molar-refractivity contribution in [2.75, 3.05) is 14.2 Å². The Kier molecular flexibility index (Phi) is 2.21. The average Bonchev–Trinajstić information content (AvgIpc) is 2.55. The van der Waals surface area contributed by atoms with Crippen LogP contribution >= 0.6 is 11.3 Å². The smallest absolute Gasteiger partial charge is 0.217 e. The second-order valence-corrected chi connectivity index (χ2v) is 3.82. The van der Waals surface area contributed by atoms with Crippen molar-refractivity contribution in [3.05, 3.63) is 18.2 Å². The first-order valence-electron chi connectivity index (χ1n) is 4.09. The van der Waals surface area contributed by atoms with Crippen LogP contribution in [-0.4, -0.2) is 19.3 Å². The van der Waals surface area contributed by atoms with E-state index in [1.165, 1.54) is 11.3 Å². The Labute approximate surface area is 85.5 Å².